The molecule has 1 saturated heterocycles. The lowest BCUT2D eigenvalue weighted by Crippen LogP contribution is -2.41. The standard InChI is InChI=1S/C14H17ClINO3/c15-12-9-10(1-2-13(12)16)14(19)17-5-3-11(4-6-17)20-8-7-18/h1-2,9,11,18H,3-8H2. The zero-order valence-electron chi connectivity index (χ0n) is 11.0. The molecule has 1 N–H and O–H groups in total. The average Bonchev–Trinajstić information content (AvgIpc) is 2.48. The molecule has 0 unspecified atom stereocenters. The van der Waals surface area contributed by atoms with Gasteiger partial charge in [0.1, 0.15) is 0 Å². The van der Waals surface area contributed by atoms with E-state index >= 15 is 0 Å². The molecule has 0 spiro atoms. The molecule has 1 aliphatic rings. The van der Waals surface area contributed by atoms with E-state index < -0.39 is 0 Å². The lowest BCUT2D eigenvalue weighted by atomic mass is 10.1. The Morgan fingerprint density at radius 2 is 2.15 bits per heavy atom. The molecule has 0 atom stereocenters. The number of likely N-dealkylation sites (tertiary alicyclic amines) is 1. The molecule has 1 fully saturated rings. The third kappa shape index (κ3) is 4.07. The zero-order chi connectivity index (χ0) is 14.5. The van der Waals surface area contributed by atoms with Crippen LogP contribution < -0.4 is 0 Å². The van der Waals surface area contributed by atoms with Crippen molar-refractivity contribution in [2.45, 2.75) is 18.9 Å². The van der Waals surface area contributed by atoms with Crippen molar-refractivity contribution in [3.8, 4) is 0 Å². The maximum absolute atomic E-state index is 12.4. The van der Waals surface area contributed by atoms with Gasteiger partial charge in [0, 0.05) is 22.2 Å². The number of nitrogens with zero attached hydrogens (tertiary/aromatic N) is 1. The summed E-state index contributed by atoms with van der Waals surface area (Å²) in [7, 11) is 0. The molecule has 2 rings (SSSR count). The SMILES string of the molecule is O=C(c1ccc(I)c(Cl)c1)N1CCC(OCCO)CC1. The van der Waals surface area contributed by atoms with Gasteiger partial charge in [-0.05, 0) is 53.6 Å². The van der Waals surface area contributed by atoms with Crippen molar-refractivity contribution in [2.75, 3.05) is 26.3 Å². The van der Waals surface area contributed by atoms with Gasteiger partial charge in [-0.1, -0.05) is 11.6 Å². The minimum Gasteiger partial charge on any atom is -0.394 e. The van der Waals surface area contributed by atoms with E-state index in [1.54, 1.807) is 6.07 Å². The van der Waals surface area contributed by atoms with E-state index in [-0.39, 0.29) is 18.6 Å². The molecule has 0 aromatic heterocycles. The molecular formula is C14H17ClINO3. The highest BCUT2D eigenvalue weighted by Crippen LogP contribution is 2.22. The van der Waals surface area contributed by atoms with Gasteiger partial charge in [0.2, 0.25) is 0 Å². The highest BCUT2D eigenvalue weighted by Gasteiger charge is 2.24. The van der Waals surface area contributed by atoms with Crippen LogP contribution >= 0.6 is 34.2 Å². The second-order valence-electron chi connectivity index (χ2n) is 4.71. The number of carbonyl (C=O) groups excluding carboxylic acids is 1. The Labute approximate surface area is 137 Å². The molecule has 110 valence electrons. The van der Waals surface area contributed by atoms with Crippen LogP contribution in [0.25, 0.3) is 0 Å². The number of aliphatic hydroxyl groups is 1. The maximum Gasteiger partial charge on any atom is 0.253 e. The van der Waals surface area contributed by atoms with E-state index in [1.807, 2.05) is 17.0 Å². The van der Waals surface area contributed by atoms with Crippen LogP contribution in [0.15, 0.2) is 18.2 Å². The van der Waals surface area contributed by atoms with E-state index in [4.69, 9.17) is 21.4 Å². The highest BCUT2D eigenvalue weighted by molar-refractivity contribution is 14.1. The minimum absolute atomic E-state index is 0.0175. The Kier molecular flexibility index (Phi) is 6.07. The van der Waals surface area contributed by atoms with Crippen molar-refractivity contribution in [1.82, 2.24) is 4.90 Å². The second kappa shape index (κ2) is 7.59. The minimum atomic E-state index is 0.0175. The van der Waals surface area contributed by atoms with Gasteiger partial charge >= 0.3 is 0 Å². The number of amides is 1. The summed E-state index contributed by atoms with van der Waals surface area (Å²) in [6, 6.07) is 5.39. The monoisotopic (exact) mass is 409 g/mol. The van der Waals surface area contributed by atoms with E-state index in [1.165, 1.54) is 0 Å². The summed E-state index contributed by atoms with van der Waals surface area (Å²) in [5.74, 6) is 0.0175. The Balaban J connectivity index is 1.92. The fourth-order valence-electron chi connectivity index (χ4n) is 2.26. The van der Waals surface area contributed by atoms with E-state index in [2.05, 4.69) is 22.6 Å². The third-order valence-corrected chi connectivity index (χ3v) is 4.91. The molecular weight excluding hydrogens is 393 g/mol. The largest absolute Gasteiger partial charge is 0.394 e. The van der Waals surface area contributed by atoms with Gasteiger partial charge in [-0.15, -0.1) is 0 Å². The predicted octanol–water partition coefficient (Wildman–Crippen LogP) is 2.56. The fraction of sp³-hybridized carbons (Fsp3) is 0.500. The predicted molar refractivity (Wildman–Crippen MR) is 86.1 cm³/mol. The van der Waals surface area contributed by atoms with Crippen molar-refractivity contribution in [3.05, 3.63) is 32.4 Å². The van der Waals surface area contributed by atoms with Gasteiger partial charge in [0.05, 0.1) is 24.3 Å². The fourth-order valence-corrected chi connectivity index (χ4v) is 2.77. The van der Waals surface area contributed by atoms with Gasteiger partial charge in [0.15, 0.2) is 0 Å². The topological polar surface area (TPSA) is 49.8 Å². The summed E-state index contributed by atoms with van der Waals surface area (Å²) >= 11 is 8.20. The van der Waals surface area contributed by atoms with Gasteiger partial charge in [-0.3, -0.25) is 4.79 Å². The quantitative estimate of drug-likeness (QED) is 0.778. The lowest BCUT2D eigenvalue weighted by molar-refractivity contribution is -0.00554. The molecule has 1 heterocycles. The number of aliphatic hydroxyl groups excluding tert-OH is 1. The van der Waals surface area contributed by atoms with E-state index in [0.717, 1.165) is 16.4 Å². The van der Waals surface area contributed by atoms with Crippen LogP contribution in [0.1, 0.15) is 23.2 Å². The van der Waals surface area contributed by atoms with Gasteiger partial charge < -0.3 is 14.7 Å². The van der Waals surface area contributed by atoms with Crippen molar-refractivity contribution < 1.29 is 14.6 Å². The van der Waals surface area contributed by atoms with E-state index in [0.29, 0.717) is 30.3 Å². The molecule has 1 aromatic rings. The number of rotatable bonds is 4. The molecule has 20 heavy (non-hydrogen) atoms. The zero-order valence-corrected chi connectivity index (χ0v) is 13.9. The average molecular weight is 410 g/mol. The number of hydrogen-bond donors (Lipinski definition) is 1. The van der Waals surface area contributed by atoms with Crippen LogP contribution in [0.2, 0.25) is 5.02 Å². The molecule has 4 nitrogen and oxygen atoms in total. The van der Waals surface area contributed by atoms with Crippen molar-refractivity contribution in [1.29, 1.82) is 0 Å². The second-order valence-corrected chi connectivity index (χ2v) is 6.28. The van der Waals surface area contributed by atoms with Crippen molar-refractivity contribution in [2.24, 2.45) is 0 Å². The van der Waals surface area contributed by atoms with Crippen LogP contribution in [0, 0.1) is 3.57 Å². The summed E-state index contributed by atoms with van der Waals surface area (Å²) in [5.41, 5.74) is 0.630. The number of ether oxygens (including phenoxy) is 1. The van der Waals surface area contributed by atoms with Crippen molar-refractivity contribution in [3.63, 3.8) is 0 Å². The number of hydrogen-bond acceptors (Lipinski definition) is 3. The third-order valence-electron chi connectivity index (χ3n) is 3.34. The molecule has 1 aromatic carbocycles. The summed E-state index contributed by atoms with van der Waals surface area (Å²) in [5, 5.41) is 9.34. The summed E-state index contributed by atoms with van der Waals surface area (Å²) < 4.78 is 6.43. The first-order valence-electron chi connectivity index (χ1n) is 6.58. The Morgan fingerprint density at radius 3 is 2.75 bits per heavy atom. The van der Waals surface area contributed by atoms with Gasteiger partial charge in [0.25, 0.3) is 5.91 Å². The van der Waals surface area contributed by atoms with Crippen LogP contribution in [0.3, 0.4) is 0 Å². The summed E-state index contributed by atoms with van der Waals surface area (Å²) in [4.78, 5) is 14.2. The molecule has 6 heteroatoms. The first kappa shape index (κ1) is 16.0. The Bertz CT molecular complexity index is 475. The summed E-state index contributed by atoms with van der Waals surface area (Å²) in [6.07, 6.45) is 1.76. The molecule has 0 aliphatic carbocycles. The van der Waals surface area contributed by atoms with Crippen LogP contribution in [0.4, 0.5) is 0 Å². The molecule has 0 radical (unpaired) electrons. The maximum atomic E-state index is 12.4. The van der Waals surface area contributed by atoms with Crippen LogP contribution in [-0.2, 0) is 4.74 Å². The van der Waals surface area contributed by atoms with Gasteiger partial charge in [-0.2, -0.15) is 0 Å². The Hall–Kier alpha value is -0.370. The smallest absolute Gasteiger partial charge is 0.253 e. The Morgan fingerprint density at radius 1 is 1.45 bits per heavy atom. The normalized spacial score (nSPS) is 16.4. The molecule has 1 amide bonds. The van der Waals surface area contributed by atoms with Crippen LogP contribution in [0.5, 0.6) is 0 Å². The number of halogens is 2. The first-order chi connectivity index (χ1) is 9.61. The molecule has 1 aliphatic heterocycles. The van der Waals surface area contributed by atoms with Gasteiger partial charge in [-0.25, -0.2) is 0 Å². The molecule has 0 bridgehead atoms. The molecule has 0 saturated carbocycles. The number of carbonyl (C=O) groups is 1. The number of benzene rings is 1. The van der Waals surface area contributed by atoms with E-state index in [9.17, 15) is 4.79 Å². The summed E-state index contributed by atoms with van der Waals surface area (Å²) in [6.45, 7) is 1.77. The van der Waals surface area contributed by atoms with Crippen LogP contribution in [-0.4, -0.2) is 48.3 Å². The van der Waals surface area contributed by atoms with Crippen molar-refractivity contribution >= 4 is 40.1 Å². The number of piperidine rings is 1. The highest BCUT2D eigenvalue weighted by atomic mass is 127. The first-order valence-corrected chi connectivity index (χ1v) is 8.04. The lowest BCUT2D eigenvalue weighted by Gasteiger charge is -2.32.